The Balaban J connectivity index is 1.31. The van der Waals surface area contributed by atoms with Gasteiger partial charge in [-0.15, -0.1) is 0 Å². The minimum atomic E-state index is -4.53. The number of amides is 11. The molecule has 4 aliphatic heterocycles. The number of hydrogen-bond donors (Lipinski definition) is 20. The van der Waals surface area contributed by atoms with Crippen LogP contribution in [-0.2, 0) is 109 Å². The van der Waals surface area contributed by atoms with E-state index in [1.165, 1.54) is 25.7 Å². The number of β-amino-alcohol motifs (C(OH)–C–C–N with tert-alkyl or cyclic N) is 1. The van der Waals surface area contributed by atoms with Crippen LogP contribution >= 0.6 is 7.82 Å². The first-order chi connectivity index (χ1) is 59.8. The van der Waals surface area contributed by atoms with Crippen molar-refractivity contribution < 1.29 is 165 Å². The summed E-state index contributed by atoms with van der Waals surface area (Å²) in [5.41, 5.74) is -1.46. The Bertz CT molecular complexity index is 2980. The van der Waals surface area contributed by atoms with Crippen molar-refractivity contribution in [3.05, 3.63) is 0 Å². The Hall–Kier alpha value is -6.48. The van der Waals surface area contributed by atoms with Gasteiger partial charge in [0.2, 0.25) is 65.0 Å². The maximum Gasteiger partial charge on any atom is 0.267 e. The number of unbranched alkanes of at least 4 members (excludes halogenated alkanes) is 10. The number of hydrogen-bond acceptors (Lipinski definition) is 34. The summed E-state index contributed by atoms with van der Waals surface area (Å²) in [7, 11) is -3.56. The van der Waals surface area contributed by atoms with Crippen LogP contribution in [0.5, 0.6) is 0 Å². The zero-order chi connectivity index (χ0) is 92.1. The van der Waals surface area contributed by atoms with Crippen molar-refractivity contribution in [2.45, 2.75) is 297 Å². The van der Waals surface area contributed by atoms with E-state index in [4.69, 9.17) is 47.2 Å². The van der Waals surface area contributed by atoms with Crippen molar-refractivity contribution in [1.29, 1.82) is 0 Å². The molecule has 0 aromatic heterocycles. The molecular weight excluding hydrogens is 1680 g/mol. The Kier molecular flexibility index (Phi) is 55.6. The Morgan fingerprint density at radius 3 is 1.01 bits per heavy atom. The molecule has 20 N–H and O–H groups in total. The molecule has 18 atom stereocenters. The van der Waals surface area contributed by atoms with Crippen molar-refractivity contribution >= 4 is 72.8 Å². The summed E-state index contributed by atoms with van der Waals surface area (Å²) in [6, 6.07) is -3.94. The monoisotopic (exact) mass is 1820 g/mol. The fourth-order valence-electron chi connectivity index (χ4n) is 14.0. The van der Waals surface area contributed by atoms with Crippen molar-refractivity contribution in [2.75, 3.05) is 139 Å². The van der Waals surface area contributed by atoms with Gasteiger partial charge in [-0.2, -0.15) is 0 Å². The number of phosphoric acid groups is 1. The number of nitrogens with one attached hydrogen (secondary N) is 10. The van der Waals surface area contributed by atoms with Gasteiger partial charge in [-0.05, 0) is 77.0 Å². The normalized spacial score (nSPS) is 25.2. The molecule has 4 heterocycles. The predicted molar refractivity (Wildman–Crippen MR) is 437 cm³/mol. The van der Waals surface area contributed by atoms with Crippen LogP contribution in [-0.4, -0.2) is 369 Å². The summed E-state index contributed by atoms with van der Waals surface area (Å²) in [5.74, 6) is -4.11. The number of aliphatic hydroxyl groups is 10. The third kappa shape index (κ3) is 45.1. The zero-order valence-electron chi connectivity index (χ0n) is 72.5. The average molecular weight is 1820 g/mol. The van der Waals surface area contributed by atoms with Crippen LogP contribution in [0.2, 0.25) is 0 Å². The van der Waals surface area contributed by atoms with Gasteiger partial charge < -0.3 is 166 Å². The fourth-order valence-corrected chi connectivity index (χ4v) is 14.5. The molecule has 125 heavy (non-hydrogen) atoms. The van der Waals surface area contributed by atoms with Crippen LogP contribution in [0.15, 0.2) is 0 Å². The summed E-state index contributed by atoms with van der Waals surface area (Å²) >= 11 is 0. The number of nitrogens with zero attached hydrogens (tertiary/aromatic N) is 1. The lowest BCUT2D eigenvalue weighted by Gasteiger charge is -2.42. The second kappa shape index (κ2) is 62.7. The van der Waals surface area contributed by atoms with Crippen LogP contribution in [0, 0.1) is 0 Å². The number of likely N-dealkylation sites (tertiary alicyclic amines) is 1. The van der Waals surface area contributed by atoms with Gasteiger partial charge >= 0.3 is 0 Å². The lowest BCUT2D eigenvalue weighted by molar-refractivity contribution is -0.270. The molecule has 17 unspecified atom stereocenters. The van der Waals surface area contributed by atoms with Crippen LogP contribution in [0.4, 0.5) is 0 Å². The molecule has 4 fully saturated rings. The van der Waals surface area contributed by atoms with E-state index in [2.05, 4.69) is 57.7 Å². The SMILES string of the molecule is COP(=O)([O-])OC[C@@H]1CC(O)CN1C(=O)CCCCCCCCCCC(=O)NC(COCCC(=O)NCCCNC(=O)CCCCOC1OC(CO)C(O)C(O)C1NC(C)=O)(COCCC(=O)NCCCNC(=O)CCCCOC1OC(CO)C(O)C(O)C1NC(C)=O)COCCC(=O)NCCCNC(=O)CCCCOC1OC(CO)C(O)C(O)C1NC(C)=O. The van der Waals surface area contributed by atoms with Crippen molar-refractivity contribution in [3.63, 3.8) is 0 Å². The number of carbonyl (C=O) groups excluding carboxylic acids is 11. The fraction of sp³-hybridized carbons (Fsp3) is 0.861. The number of ether oxygens (including phenoxy) is 9. The molecule has 4 saturated heterocycles. The largest absolute Gasteiger partial charge is 0.756 e. The molecule has 0 aliphatic carbocycles. The maximum atomic E-state index is 14.1. The van der Waals surface area contributed by atoms with Gasteiger partial charge in [-0.3, -0.25) is 57.3 Å². The quantitative estimate of drug-likeness (QED) is 0.0199. The van der Waals surface area contributed by atoms with Gasteiger partial charge in [-0.25, -0.2) is 0 Å². The highest BCUT2D eigenvalue weighted by Gasteiger charge is 2.48. The molecule has 0 saturated carbocycles. The van der Waals surface area contributed by atoms with E-state index in [-0.39, 0.29) is 193 Å². The van der Waals surface area contributed by atoms with E-state index in [0.717, 1.165) is 39.2 Å². The van der Waals surface area contributed by atoms with Crippen molar-refractivity contribution in [1.82, 2.24) is 58.1 Å². The van der Waals surface area contributed by atoms with Gasteiger partial charge in [0, 0.05) is 145 Å². The highest BCUT2D eigenvalue weighted by Crippen LogP contribution is 2.38. The first-order valence-corrected chi connectivity index (χ1v) is 44.9. The highest BCUT2D eigenvalue weighted by atomic mass is 31.2. The van der Waals surface area contributed by atoms with Crippen molar-refractivity contribution in [2.24, 2.45) is 0 Å². The highest BCUT2D eigenvalue weighted by molar-refractivity contribution is 7.45. The van der Waals surface area contributed by atoms with Gasteiger partial charge in [-0.1, -0.05) is 38.5 Å². The lowest BCUT2D eigenvalue weighted by atomic mass is 9.97. The Morgan fingerprint density at radius 1 is 0.400 bits per heavy atom. The van der Waals surface area contributed by atoms with E-state index >= 15 is 0 Å². The summed E-state index contributed by atoms with van der Waals surface area (Å²) < 4.78 is 73.2. The smallest absolute Gasteiger partial charge is 0.267 e. The van der Waals surface area contributed by atoms with Gasteiger partial charge in [0.25, 0.3) is 7.82 Å². The standard InChI is InChI=1S/C79H142N11O34P/c1-51(94)86-67-73(109)70(106)56(44-91)122-76(67)118-36-16-13-22-59(98)80-30-19-33-83-62(101)27-39-115-48-79(89-65(104)25-11-9-7-5-6-8-10-12-26-66(105)90-43-55(97)42-54(90)47-121-125(112,113)114-4,49-116-40-28-63(102)84-34-20-31-81-60(99)23-14-17-37-119-77-68(87-52(2)95)74(110)71(107)57(45-92)123-77)50-117-41-29-64(103)85-35-21-32-82-61(100)24-15-18-38-120-78-69(88-53(3)96)75(111)72(108)58(46-93)124-78/h54-58,67-78,91-93,97,106-111H,5-50H2,1-4H3,(H,80,98)(H,81,99)(H,82,100)(H,83,101)(H,84,102)(H,85,103)(H,86,94)(H,87,95)(H,88,96)(H,89,104)(H,112,113)/p-1/t54-,55?,56?,57?,58?,67?,68?,69?,70?,71?,72?,73?,74?,75?,76?,77?,78?,79?/m0/s1. The molecular formula is C79H141N11O34P-. The number of carbonyl (C=O) groups is 11. The van der Waals surface area contributed by atoms with Gasteiger partial charge in [0.1, 0.15) is 78.6 Å². The predicted octanol–water partition coefficient (Wildman–Crippen LogP) is -5.69. The second-order valence-corrected chi connectivity index (χ2v) is 33.0. The van der Waals surface area contributed by atoms with Crippen LogP contribution in [0.25, 0.3) is 0 Å². The average Bonchev–Trinajstić information content (AvgIpc) is 1.57. The second-order valence-electron chi connectivity index (χ2n) is 31.5. The lowest BCUT2D eigenvalue weighted by Crippen LogP contribution is -2.64. The summed E-state index contributed by atoms with van der Waals surface area (Å²) in [5, 5.41) is 129. The Morgan fingerprint density at radius 2 is 0.696 bits per heavy atom. The number of rotatable bonds is 67. The Labute approximate surface area is 729 Å². The molecule has 0 aromatic carbocycles. The third-order valence-corrected chi connectivity index (χ3v) is 21.8. The molecule has 11 amide bonds. The van der Waals surface area contributed by atoms with Crippen molar-refractivity contribution in [3.8, 4) is 0 Å². The number of phosphoric ester groups is 1. The molecule has 45 nitrogen and oxygen atoms in total. The first kappa shape index (κ1) is 111. The maximum absolute atomic E-state index is 14.1. The van der Waals surface area contributed by atoms with Gasteiger partial charge in [0.15, 0.2) is 18.9 Å². The van der Waals surface area contributed by atoms with E-state index in [1.54, 1.807) is 0 Å². The minimum absolute atomic E-state index is 0.0636. The van der Waals surface area contributed by atoms with E-state index in [9.17, 15) is 113 Å². The molecule has 0 spiro atoms. The van der Waals surface area contributed by atoms with E-state index in [1.807, 2.05) is 0 Å². The molecule has 722 valence electrons. The zero-order valence-corrected chi connectivity index (χ0v) is 73.4. The first-order valence-electron chi connectivity index (χ1n) is 43.4. The minimum Gasteiger partial charge on any atom is -0.756 e. The molecule has 0 bridgehead atoms. The molecule has 0 radical (unpaired) electrons. The molecule has 46 heteroatoms. The molecule has 0 aromatic rings. The third-order valence-electron chi connectivity index (χ3n) is 20.9. The van der Waals surface area contributed by atoms with Crippen LogP contribution in [0.3, 0.4) is 0 Å². The number of aliphatic hydroxyl groups excluding tert-OH is 10. The molecule has 4 aliphatic rings. The summed E-state index contributed by atoms with van der Waals surface area (Å²) in [6.07, 6.45) is -7.00. The topological polar surface area (TPSA) is 655 Å². The van der Waals surface area contributed by atoms with Gasteiger partial charge in [0.05, 0.1) is 78.2 Å². The summed E-state index contributed by atoms with van der Waals surface area (Å²) in [6.45, 7) is 1.73. The van der Waals surface area contributed by atoms with Crippen LogP contribution < -0.4 is 58.1 Å². The molecule has 4 rings (SSSR count). The van der Waals surface area contributed by atoms with E-state index < -0.39 is 179 Å². The summed E-state index contributed by atoms with van der Waals surface area (Å²) in [4.78, 5) is 153. The van der Waals surface area contributed by atoms with Crippen LogP contribution in [0.1, 0.15) is 188 Å². The van der Waals surface area contributed by atoms with E-state index in [0.29, 0.717) is 77.0 Å².